The molecule has 0 aromatic carbocycles. The zero-order valence-electron chi connectivity index (χ0n) is 8.91. The number of Topliss-reactive ketones (excluding diaryl/α,β-unsaturated/α-hetero) is 2. The van der Waals surface area contributed by atoms with Gasteiger partial charge in [0.1, 0.15) is 11.5 Å². The first-order valence-electron chi connectivity index (χ1n) is 4.86. The minimum Gasteiger partial charge on any atom is -0.331 e. The first kappa shape index (κ1) is 11.1. The van der Waals surface area contributed by atoms with E-state index in [1.54, 1.807) is 0 Å². The Morgan fingerprint density at radius 1 is 1.29 bits per heavy atom. The third-order valence-corrected chi connectivity index (χ3v) is 3.96. The molecule has 0 N–H and O–H groups in total. The van der Waals surface area contributed by atoms with Gasteiger partial charge < -0.3 is 4.67 Å². The summed E-state index contributed by atoms with van der Waals surface area (Å²) in [6, 6.07) is 0. The van der Waals surface area contributed by atoms with E-state index < -0.39 is 8.96 Å². The van der Waals surface area contributed by atoms with Gasteiger partial charge in [-0.05, 0) is 0 Å². The van der Waals surface area contributed by atoms with Gasteiger partial charge >= 0.3 is 0 Å². The summed E-state index contributed by atoms with van der Waals surface area (Å²) in [6.45, 7) is 4.28. The predicted molar refractivity (Wildman–Crippen MR) is 57.9 cm³/mol. The fourth-order valence-corrected chi connectivity index (χ4v) is 1.55. The van der Waals surface area contributed by atoms with Crippen molar-refractivity contribution in [3.8, 4) is 0 Å². The minimum atomic E-state index is -0.970. The molecule has 0 bridgehead atoms. The van der Waals surface area contributed by atoms with E-state index in [1.807, 2.05) is 11.7 Å². The highest BCUT2D eigenvalue weighted by atomic mass is 28.3. The maximum Gasteiger partial charge on any atom is 0.186 e. The van der Waals surface area contributed by atoms with Crippen LogP contribution < -0.4 is 0 Å². The maximum atomic E-state index is 11.4. The van der Waals surface area contributed by atoms with Crippen LogP contribution in [0.15, 0.2) is 5.10 Å². The third kappa shape index (κ3) is 2.76. The summed E-state index contributed by atoms with van der Waals surface area (Å²) in [7, 11) is 0.926. The number of hydrazone groups is 1. The minimum absolute atomic E-state index is 0.0402. The molecular formula is C9H16N2O2Si. The molecule has 1 aliphatic rings. The summed E-state index contributed by atoms with van der Waals surface area (Å²) in [5.74, 6) is -0.0545. The Labute approximate surface area is 85.7 Å². The summed E-state index contributed by atoms with van der Waals surface area (Å²) in [5, 5.41) is 4.26. The molecule has 1 aliphatic carbocycles. The molecular weight excluding hydrogens is 196 g/mol. The van der Waals surface area contributed by atoms with E-state index in [2.05, 4.69) is 18.2 Å². The summed E-state index contributed by atoms with van der Waals surface area (Å²) >= 11 is 0. The highest BCUT2D eigenvalue weighted by molar-refractivity contribution is 6.53. The fraction of sp³-hybridized carbons (Fsp3) is 0.667. The number of carbonyl (C=O) groups excluding carboxylic acids is 2. The second-order valence-electron chi connectivity index (χ2n) is 3.85. The topological polar surface area (TPSA) is 49.7 Å². The molecule has 0 aromatic rings. The van der Waals surface area contributed by atoms with Crippen molar-refractivity contribution in [3.63, 3.8) is 0 Å². The van der Waals surface area contributed by atoms with Gasteiger partial charge in [-0.3, -0.25) is 9.59 Å². The Morgan fingerprint density at radius 3 is 2.43 bits per heavy atom. The normalized spacial score (nSPS) is 20.7. The van der Waals surface area contributed by atoms with Crippen LogP contribution in [0.5, 0.6) is 0 Å². The third-order valence-electron chi connectivity index (χ3n) is 2.35. The molecule has 0 saturated heterocycles. The molecule has 0 aliphatic heterocycles. The van der Waals surface area contributed by atoms with Crippen molar-refractivity contribution in [2.75, 3.05) is 7.05 Å². The van der Waals surface area contributed by atoms with E-state index in [0.717, 1.165) is 0 Å². The van der Waals surface area contributed by atoms with Crippen LogP contribution in [-0.4, -0.2) is 38.0 Å². The number of ketones is 2. The van der Waals surface area contributed by atoms with Crippen molar-refractivity contribution in [2.45, 2.75) is 32.4 Å². The second-order valence-corrected chi connectivity index (χ2v) is 6.79. The molecule has 1 rings (SSSR count). The van der Waals surface area contributed by atoms with Gasteiger partial charge in [0.25, 0.3) is 0 Å². The van der Waals surface area contributed by atoms with Gasteiger partial charge in [-0.15, -0.1) is 0 Å². The summed E-state index contributed by atoms with van der Waals surface area (Å²) in [4.78, 5) is 22.4. The van der Waals surface area contributed by atoms with Crippen molar-refractivity contribution in [3.05, 3.63) is 0 Å². The van der Waals surface area contributed by atoms with Gasteiger partial charge in [-0.1, -0.05) is 13.1 Å². The van der Waals surface area contributed by atoms with E-state index in [9.17, 15) is 9.59 Å². The van der Waals surface area contributed by atoms with Gasteiger partial charge in [0.2, 0.25) is 0 Å². The Hall–Kier alpha value is -0.973. The molecule has 0 spiro atoms. The Kier molecular flexibility index (Phi) is 3.57. The van der Waals surface area contributed by atoms with Crippen molar-refractivity contribution in [1.82, 2.24) is 4.67 Å². The van der Waals surface area contributed by atoms with Gasteiger partial charge in [-0.2, -0.15) is 5.10 Å². The smallest absolute Gasteiger partial charge is 0.186 e. The standard InChI is InChI=1S/C9H16N2O2Si/c1-11(14(2)3)10-8-5-4-7(12)6-9(8)13/h14H,4-6H2,1-3H3. The molecule has 78 valence electrons. The average Bonchev–Trinajstić information content (AvgIpc) is 2.09. The first-order chi connectivity index (χ1) is 6.50. The van der Waals surface area contributed by atoms with Gasteiger partial charge in [0.15, 0.2) is 14.7 Å². The summed E-state index contributed by atoms with van der Waals surface area (Å²) in [6.07, 6.45) is 1.04. The average molecular weight is 212 g/mol. The van der Waals surface area contributed by atoms with E-state index in [4.69, 9.17) is 0 Å². The number of hydrogen-bond donors (Lipinski definition) is 0. The van der Waals surface area contributed by atoms with Crippen molar-refractivity contribution in [2.24, 2.45) is 5.10 Å². The molecule has 0 unspecified atom stereocenters. The van der Waals surface area contributed by atoms with Crippen LogP contribution in [-0.2, 0) is 9.59 Å². The van der Waals surface area contributed by atoms with Crippen LogP contribution in [0.2, 0.25) is 13.1 Å². The zero-order valence-corrected chi connectivity index (χ0v) is 10.1. The Morgan fingerprint density at radius 2 is 1.93 bits per heavy atom. The van der Waals surface area contributed by atoms with Gasteiger partial charge in [0, 0.05) is 19.9 Å². The summed E-state index contributed by atoms with van der Waals surface area (Å²) in [5.41, 5.74) is 0.577. The van der Waals surface area contributed by atoms with Crippen molar-refractivity contribution >= 4 is 26.2 Å². The van der Waals surface area contributed by atoms with Crippen LogP contribution in [0.1, 0.15) is 19.3 Å². The van der Waals surface area contributed by atoms with Gasteiger partial charge in [-0.25, -0.2) is 0 Å². The van der Waals surface area contributed by atoms with Crippen LogP contribution >= 0.6 is 0 Å². The molecule has 0 heterocycles. The van der Waals surface area contributed by atoms with E-state index in [0.29, 0.717) is 18.6 Å². The highest BCUT2D eigenvalue weighted by Gasteiger charge is 2.23. The van der Waals surface area contributed by atoms with Gasteiger partial charge in [0.05, 0.1) is 6.42 Å². The van der Waals surface area contributed by atoms with Crippen LogP contribution in [0.4, 0.5) is 0 Å². The Bertz CT molecular complexity index is 287. The van der Waals surface area contributed by atoms with Crippen LogP contribution in [0.3, 0.4) is 0 Å². The molecule has 1 saturated carbocycles. The number of hydrogen-bond acceptors (Lipinski definition) is 4. The van der Waals surface area contributed by atoms with E-state index >= 15 is 0 Å². The molecule has 0 atom stereocenters. The lowest BCUT2D eigenvalue weighted by Crippen LogP contribution is -2.31. The highest BCUT2D eigenvalue weighted by Crippen LogP contribution is 2.09. The molecule has 1 fully saturated rings. The zero-order chi connectivity index (χ0) is 10.7. The lowest BCUT2D eigenvalue weighted by Gasteiger charge is -2.19. The van der Waals surface area contributed by atoms with E-state index in [-0.39, 0.29) is 18.0 Å². The lowest BCUT2D eigenvalue weighted by molar-refractivity contribution is -0.125. The van der Waals surface area contributed by atoms with Crippen LogP contribution in [0, 0.1) is 0 Å². The number of carbonyl (C=O) groups is 2. The molecule has 4 nitrogen and oxygen atoms in total. The van der Waals surface area contributed by atoms with E-state index in [1.165, 1.54) is 0 Å². The fourth-order valence-electron chi connectivity index (χ4n) is 1.18. The monoisotopic (exact) mass is 212 g/mol. The van der Waals surface area contributed by atoms with Crippen molar-refractivity contribution in [1.29, 1.82) is 0 Å². The second kappa shape index (κ2) is 4.50. The quantitative estimate of drug-likeness (QED) is 0.382. The molecule has 0 aromatic heterocycles. The maximum absolute atomic E-state index is 11.4. The summed E-state index contributed by atoms with van der Waals surface area (Å²) < 4.78 is 1.89. The lowest BCUT2D eigenvalue weighted by atomic mass is 9.96. The van der Waals surface area contributed by atoms with Crippen molar-refractivity contribution < 1.29 is 9.59 Å². The number of rotatable bonds is 2. The predicted octanol–water partition coefficient (Wildman–Crippen LogP) is 0.580. The first-order valence-corrected chi connectivity index (χ1v) is 7.68. The largest absolute Gasteiger partial charge is 0.331 e. The Balaban J connectivity index is 2.68. The number of nitrogens with zero attached hydrogens (tertiary/aromatic N) is 2. The molecule has 14 heavy (non-hydrogen) atoms. The van der Waals surface area contributed by atoms with Crippen LogP contribution in [0.25, 0.3) is 0 Å². The molecule has 0 radical (unpaired) electrons. The molecule has 0 amide bonds. The SMILES string of the molecule is CN(N=C1CCC(=O)CC1=O)[SiH](C)C. The molecule has 5 heteroatoms.